The Labute approximate surface area is 129 Å². The van der Waals surface area contributed by atoms with Crippen LogP contribution < -0.4 is 10.1 Å². The maximum absolute atomic E-state index is 12.3. The molecule has 2 rings (SSSR count). The van der Waals surface area contributed by atoms with Crippen LogP contribution in [0.3, 0.4) is 0 Å². The molecule has 1 aromatic heterocycles. The van der Waals surface area contributed by atoms with Gasteiger partial charge in [0.2, 0.25) is 0 Å². The molecule has 0 aliphatic rings. The Morgan fingerprint density at radius 2 is 2.05 bits per heavy atom. The second kappa shape index (κ2) is 7.09. The van der Waals surface area contributed by atoms with E-state index >= 15 is 0 Å². The average Bonchev–Trinajstić information content (AvgIpc) is 2.89. The van der Waals surface area contributed by atoms with Crippen molar-refractivity contribution < 1.29 is 14.6 Å². The molecule has 2 N–H and O–H groups in total. The molecule has 0 saturated heterocycles. The molecule has 0 saturated carbocycles. The summed E-state index contributed by atoms with van der Waals surface area (Å²) >= 11 is 0. The number of nitrogens with one attached hydrogen (secondary N) is 1. The third-order valence-corrected chi connectivity index (χ3v) is 3.20. The minimum atomic E-state index is -0.203. The second-order valence-corrected chi connectivity index (χ2v) is 5.28. The molecule has 0 radical (unpaired) electrons. The normalized spacial score (nSPS) is 10.8. The lowest BCUT2D eigenvalue weighted by Crippen LogP contribution is -2.16. The van der Waals surface area contributed by atoms with Gasteiger partial charge in [0.05, 0.1) is 12.3 Å². The Hall–Kier alpha value is -2.34. The highest BCUT2D eigenvalue weighted by Crippen LogP contribution is 2.18. The number of anilines is 1. The van der Waals surface area contributed by atoms with Gasteiger partial charge in [0.1, 0.15) is 18.1 Å². The van der Waals surface area contributed by atoms with Crippen molar-refractivity contribution in [3.05, 3.63) is 41.7 Å². The number of aliphatic hydroxyl groups is 1. The number of aliphatic hydroxyl groups excluding tert-OH is 1. The zero-order valence-electron chi connectivity index (χ0n) is 13.0. The SMILES string of the molecule is CC(C)c1cc(C(=O)Nc2ccc(OCCO)cc2)n(C)n1. The number of nitrogens with zero attached hydrogens (tertiary/aromatic N) is 2. The molecule has 1 heterocycles. The molecular formula is C16H21N3O3. The highest BCUT2D eigenvalue weighted by molar-refractivity contribution is 6.03. The van der Waals surface area contributed by atoms with Crippen molar-refractivity contribution in [1.82, 2.24) is 9.78 Å². The summed E-state index contributed by atoms with van der Waals surface area (Å²) in [5.41, 5.74) is 2.08. The molecule has 22 heavy (non-hydrogen) atoms. The molecule has 0 aliphatic carbocycles. The van der Waals surface area contributed by atoms with Crippen LogP contribution in [0.1, 0.15) is 35.9 Å². The summed E-state index contributed by atoms with van der Waals surface area (Å²) < 4.78 is 6.86. The van der Waals surface area contributed by atoms with Gasteiger partial charge in [0, 0.05) is 12.7 Å². The first-order valence-corrected chi connectivity index (χ1v) is 7.20. The Bertz CT molecular complexity index is 633. The minimum Gasteiger partial charge on any atom is -0.491 e. The van der Waals surface area contributed by atoms with Crippen molar-refractivity contribution in [3.8, 4) is 5.75 Å². The topological polar surface area (TPSA) is 76.4 Å². The van der Waals surface area contributed by atoms with Crippen molar-refractivity contribution in [3.63, 3.8) is 0 Å². The van der Waals surface area contributed by atoms with Gasteiger partial charge in [-0.1, -0.05) is 13.8 Å². The van der Waals surface area contributed by atoms with Gasteiger partial charge < -0.3 is 15.2 Å². The van der Waals surface area contributed by atoms with E-state index in [0.29, 0.717) is 17.1 Å². The Kier molecular flexibility index (Phi) is 5.16. The predicted molar refractivity (Wildman–Crippen MR) is 84.3 cm³/mol. The number of rotatable bonds is 6. The van der Waals surface area contributed by atoms with Crippen molar-refractivity contribution in [2.24, 2.45) is 7.05 Å². The van der Waals surface area contributed by atoms with Gasteiger partial charge in [-0.05, 0) is 36.2 Å². The fourth-order valence-electron chi connectivity index (χ4n) is 1.98. The molecule has 118 valence electrons. The molecule has 6 nitrogen and oxygen atoms in total. The van der Waals surface area contributed by atoms with E-state index < -0.39 is 0 Å². The Morgan fingerprint density at radius 3 is 2.59 bits per heavy atom. The van der Waals surface area contributed by atoms with Crippen LogP contribution in [0, 0.1) is 0 Å². The number of carbonyl (C=O) groups is 1. The van der Waals surface area contributed by atoms with Crippen LogP contribution in [0.4, 0.5) is 5.69 Å². The van der Waals surface area contributed by atoms with Gasteiger partial charge >= 0.3 is 0 Å². The first kappa shape index (κ1) is 16.0. The van der Waals surface area contributed by atoms with Crippen molar-refractivity contribution in [1.29, 1.82) is 0 Å². The third-order valence-electron chi connectivity index (χ3n) is 3.20. The van der Waals surface area contributed by atoms with Gasteiger partial charge in [-0.25, -0.2) is 0 Å². The van der Waals surface area contributed by atoms with Gasteiger partial charge in [0.15, 0.2) is 0 Å². The lowest BCUT2D eigenvalue weighted by molar-refractivity contribution is 0.101. The van der Waals surface area contributed by atoms with Crippen LogP contribution >= 0.6 is 0 Å². The van der Waals surface area contributed by atoms with E-state index in [4.69, 9.17) is 9.84 Å². The zero-order valence-corrected chi connectivity index (χ0v) is 13.0. The van der Waals surface area contributed by atoms with Gasteiger partial charge in [0.25, 0.3) is 5.91 Å². The average molecular weight is 303 g/mol. The third kappa shape index (κ3) is 3.85. The number of hydrogen-bond donors (Lipinski definition) is 2. The standard InChI is InChI=1S/C16H21N3O3/c1-11(2)14-10-15(19(3)18-14)16(21)17-12-4-6-13(7-5-12)22-9-8-20/h4-7,10-11,20H,8-9H2,1-3H3,(H,17,21). The molecule has 1 amide bonds. The molecular weight excluding hydrogens is 282 g/mol. The predicted octanol–water partition coefficient (Wildman–Crippen LogP) is 2.17. The van der Waals surface area contributed by atoms with Crippen molar-refractivity contribution in [2.45, 2.75) is 19.8 Å². The van der Waals surface area contributed by atoms with Crippen LogP contribution in [0.5, 0.6) is 5.75 Å². The number of hydrogen-bond acceptors (Lipinski definition) is 4. The highest BCUT2D eigenvalue weighted by atomic mass is 16.5. The fraction of sp³-hybridized carbons (Fsp3) is 0.375. The lowest BCUT2D eigenvalue weighted by Gasteiger charge is -2.07. The molecule has 0 unspecified atom stereocenters. The summed E-state index contributed by atoms with van der Waals surface area (Å²) in [6, 6.07) is 8.80. The van der Waals surface area contributed by atoms with Gasteiger partial charge in [-0.3, -0.25) is 9.48 Å². The number of ether oxygens (including phenoxy) is 1. The number of amides is 1. The molecule has 6 heteroatoms. The van der Waals surface area contributed by atoms with Crippen LogP contribution in [-0.2, 0) is 7.05 Å². The molecule has 0 atom stereocenters. The molecule has 0 fully saturated rings. The van der Waals surface area contributed by atoms with Gasteiger partial charge in [-0.2, -0.15) is 5.10 Å². The molecule has 0 aliphatic heterocycles. The van der Waals surface area contributed by atoms with Gasteiger partial charge in [-0.15, -0.1) is 0 Å². The van der Waals surface area contributed by atoms with Crippen molar-refractivity contribution in [2.75, 3.05) is 18.5 Å². The quantitative estimate of drug-likeness (QED) is 0.857. The Morgan fingerprint density at radius 1 is 1.36 bits per heavy atom. The molecule has 0 spiro atoms. The second-order valence-electron chi connectivity index (χ2n) is 5.28. The number of benzene rings is 1. The summed E-state index contributed by atoms with van der Waals surface area (Å²) in [5.74, 6) is 0.719. The van der Waals surface area contributed by atoms with E-state index in [1.807, 2.05) is 13.8 Å². The molecule has 2 aromatic rings. The number of aromatic nitrogens is 2. The number of carbonyl (C=O) groups excluding carboxylic acids is 1. The summed E-state index contributed by atoms with van der Waals surface area (Å²) in [6.45, 7) is 4.29. The monoisotopic (exact) mass is 303 g/mol. The van der Waals surface area contributed by atoms with Crippen LogP contribution in [0.15, 0.2) is 30.3 Å². The molecule has 0 bridgehead atoms. The van der Waals surface area contributed by atoms with E-state index in [1.165, 1.54) is 0 Å². The minimum absolute atomic E-state index is 0.0306. The maximum Gasteiger partial charge on any atom is 0.273 e. The van der Waals surface area contributed by atoms with Crippen LogP contribution in [0.2, 0.25) is 0 Å². The summed E-state index contributed by atoms with van der Waals surface area (Å²) in [4.78, 5) is 12.3. The largest absolute Gasteiger partial charge is 0.491 e. The van der Waals surface area contributed by atoms with Crippen molar-refractivity contribution >= 4 is 11.6 Å². The summed E-state index contributed by atoms with van der Waals surface area (Å²) in [6.07, 6.45) is 0. The maximum atomic E-state index is 12.3. The zero-order chi connectivity index (χ0) is 16.1. The van der Waals surface area contributed by atoms with E-state index in [0.717, 1.165) is 5.69 Å². The first-order valence-electron chi connectivity index (χ1n) is 7.20. The van der Waals surface area contributed by atoms with E-state index in [-0.39, 0.29) is 25.0 Å². The smallest absolute Gasteiger partial charge is 0.273 e. The summed E-state index contributed by atoms with van der Waals surface area (Å²) in [7, 11) is 1.76. The van der Waals surface area contributed by atoms with E-state index in [1.54, 1.807) is 42.1 Å². The van der Waals surface area contributed by atoms with E-state index in [9.17, 15) is 4.79 Å². The van der Waals surface area contributed by atoms with Crippen LogP contribution in [-0.4, -0.2) is 34.0 Å². The van der Waals surface area contributed by atoms with Crippen LogP contribution in [0.25, 0.3) is 0 Å². The molecule has 1 aromatic carbocycles. The first-order chi connectivity index (χ1) is 10.5. The highest BCUT2D eigenvalue weighted by Gasteiger charge is 2.15. The lowest BCUT2D eigenvalue weighted by atomic mass is 10.1. The summed E-state index contributed by atoms with van der Waals surface area (Å²) in [5, 5.41) is 15.9. The number of aryl methyl sites for hydroxylation is 1. The van der Waals surface area contributed by atoms with E-state index in [2.05, 4.69) is 10.4 Å². The Balaban J connectivity index is 2.05. The fourth-order valence-corrected chi connectivity index (χ4v) is 1.98.